The van der Waals surface area contributed by atoms with E-state index in [1.165, 1.54) is 28.2 Å². The number of aryl methyl sites for hydroxylation is 1. The maximum absolute atomic E-state index is 13.5. The molecule has 192 valence electrons. The highest BCUT2D eigenvalue weighted by Gasteiger charge is 2.56. The van der Waals surface area contributed by atoms with E-state index in [0.29, 0.717) is 12.5 Å². The average Bonchev–Trinajstić information content (AvgIpc) is 3.18. The smallest absolute Gasteiger partial charge is 0.242 e. The fraction of sp³-hybridized carbons (Fsp3) is 0.640. The quantitative estimate of drug-likeness (QED) is 0.312. The Hall–Kier alpha value is -2.20. The van der Waals surface area contributed by atoms with Gasteiger partial charge in [-0.15, -0.1) is 9.32 Å². The van der Waals surface area contributed by atoms with Gasteiger partial charge in [0.2, 0.25) is 11.8 Å². The molecule has 2 N–H and O–H groups in total. The van der Waals surface area contributed by atoms with Gasteiger partial charge in [-0.1, -0.05) is 6.07 Å². The molecule has 1 aromatic rings. The summed E-state index contributed by atoms with van der Waals surface area (Å²) in [5.41, 5.74) is 8.80. The monoisotopic (exact) mass is 512 g/mol. The largest absolute Gasteiger partial charge is 0.330 e. The Labute approximate surface area is 215 Å². The summed E-state index contributed by atoms with van der Waals surface area (Å²) >= 11 is 1.17. The lowest BCUT2D eigenvalue weighted by Crippen LogP contribution is -2.57. The zero-order chi connectivity index (χ0) is 25.1. The molecule has 10 nitrogen and oxygen atoms in total. The van der Waals surface area contributed by atoms with Crippen LogP contribution in [0.1, 0.15) is 42.9 Å². The number of rotatable bonds is 8. The predicted octanol–water partition coefficient (Wildman–Crippen LogP) is 1.23. The molecule has 5 aliphatic rings. The van der Waals surface area contributed by atoms with Crippen LogP contribution in [0.15, 0.2) is 23.1 Å². The topological polar surface area (TPSA) is 115 Å². The number of nitriles is 1. The van der Waals surface area contributed by atoms with Crippen LogP contribution in [-0.4, -0.2) is 89.0 Å². The number of carbonyl (C=O) groups excluding carboxylic acids is 2. The highest BCUT2D eigenvalue weighted by atomic mass is 32.2. The fourth-order valence-corrected chi connectivity index (χ4v) is 7.28. The molecule has 7 atom stereocenters. The number of piperidine rings is 1. The summed E-state index contributed by atoms with van der Waals surface area (Å²) in [5, 5.41) is 10.9. The Balaban J connectivity index is 1.08. The maximum Gasteiger partial charge on any atom is 0.242 e. The zero-order valence-electron chi connectivity index (χ0n) is 20.6. The van der Waals surface area contributed by atoms with Crippen LogP contribution in [0.2, 0.25) is 0 Å². The van der Waals surface area contributed by atoms with E-state index < -0.39 is 6.04 Å². The predicted molar refractivity (Wildman–Crippen MR) is 131 cm³/mol. The summed E-state index contributed by atoms with van der Waals surface area (Å²) in [6.45, 7) is 1.10. The molecule has 2 bridgehead atoms. The molecule has 2 aliphatic carbocycles. The van der Waals surface area contributed by atoms with Gasteiger partial charge < -0.3 is 15.5 Å². The summed E-state index contributed by atoms with van der Waals surface area (Å²) < 4.78 is 5.16. The lowest BCUT2D eigenvalue weighted by molar-refractivity contribution is -0.340. The number of fused-ring (bicyclic) bond motifs is 4. The molecule has 4 fully saturated rings. The third-order valence-corrected chi connectivity index (χ3v) is 8.95. The van der Waals surface area contributed by atoms with Crippen molar-refractivity contribution in [1.29, 1.82) is 5.26 Å². The van der Waals surface area contributed by atoms with E-state index in [0.717, 1.165) is 43.5 Å². The van der Waals surface area contributed by atoms with Crippen LogP contribution in [0.5, 0.6) is 0 Å². The van der Waals surface area contributed by atoms with Gasteiger partial charge in [0.25, 0.3) is 0 Å². The summed E-state index contributed by atoms with van der Waals surface area (Å²) in [5.74, 6) is 0.465. The first kappa shape index (κ1) is 24.2. The Morgan fingerprint density at radius 2 is 2.14 bits per heavy atom. The van der Waals surface area contributed by atoms with Crippen molar-refractivity contribution in [2.24, 2.45) is 11.7 Å². The molecule has 1 aromatic carbocycles. The van der Waals surface area contributed by atoms with E-state index in [4.69, 9.17) is 15.1 Å². The van der Waals surface area contributed by atoms with Crippen molar-refractivity contribution in [3.05, 3.63) is 29.3 Å². The fourth-order valence-electron chi connectivity index (χ4n) is 6.74. The SMILES string of the molecule is CN(C)OOSc1ccc2c(c1)CC[C@H]2N1C(=O)[C@@H]2CC1CN2C[C@H](N)C(=O)N1[C@H](C#N)C[C@@H]2C[C@@H]21. The Morgan fingerprint density at radius 1 is 1.31 bits per heavy atom. The van der Waals surface area contributed by atoms with Gasteiger partial charge in [0, 0.05) is 44.2 Å². The molecule has 3 heterocycles. The van der Waals surface area contributed by atoms with Crippen molar-refractivity contribution < 1.29 is 18.9 Å². The van der Waals surface area contributed by atoms with Crippen LogP contribution >= 0.6 is 12.0 Å². The molecule has 6 rings (SSSR count). The number of nitrogens with two attached hydrogens (primary N) is 1. The van der Waals surface area contributed by atoms with Gasteiger partial charge in [0.05, 0.1) is 36.2 Å². The number of hydrogen-bond acceptors (Lipinski definition) is 9. The molecule has 3 saturated heterocycles. The molecule has 36 heavy (non-hydrogen) atoms. The van der Waals surface area contributed by atoms with Gasteiger partial charge in [-0.2, -0.15) is 10.3 Å². The van der Waals surface area contributed by atoms with Gasteiger partial charge in [0.15, 0.2) is 0 Å². The van der Waals surface area contributed by atoms with Gasteiger partial charge in [0.1, 0.15) is 6.04 Å². The standard InChI is InChI=1S/C25H32N6O4S/c1-28(2)34-35-36-18-4-5-19-14(8-18)3-6-21(19)31-17-10-23(25(31)33)29(12-17)13-20(27)24(32)30-16(11-26)7-15-9-22(15)30/h4-5,8,15-17,20-23H,3,6-7,9-10,12-13,27H2,1-2H3/t15-,16+,17?,20+,21-,22+,23+/m1/s1. The molecule has 1 saturated carbocycles. The summed E-state index contributed by atoms with van der Waals surface area (Å²) in [6.07, 6.45) is 4.37. The van der Waals surface area contributed by atoms with Crippen LogP contribution in [0.3, 0.4) is 0 Å². The van der Waals surface area contributed by atoms with Crippen molar-refractivity contribution in [3.63, 3.8) is 0 Å². The van der Waals surface area contributed by atoms with Crippen molar-refractivity contribution in [3.8, 4) is 6.07 Å². The number of benzene rings is 1. The van der Waals surface area contributed by atoms with Crippen LogP contribution < -0.4 is 5.73 Å². The molecule has 0 radical (unpaired) electrons. The third kappa shape index (κ3) is 4.10. The second kappa shape index (κ2) is 9.28. The minimum atomic E-state index is -0.706. The number of amides is 2. The minimum Gasteiger partial charge on any atom is -0.330 e. The van der Waals surface area contributed by atoms with Gasteiger partial charge in [-0.3, -0.25) is 14.5 Å². The van der Waals surface area contributed by atoms with E-state index in [1.807, 2.05) is 6.07 Å². The van der Waals surface area contributed by atoms with E-state index in [2.05, 4.69) is 28.0 Å². The molecule has 2 amide bonds. The number of hydrogen-bond donors (Lipinski definition) is 1. The molecule has 1 unspecified atom stereocenters. The van der Waals surface area contributed by atoms with Crippen LogP contribution in [-0.2, 0) is 25.3 Å². The minimum absolute atomic E-state index is 0.0886. The first-order chi connectivity index (χ1) is 17.4. The third-order valence-electron chi connectivity index (χ3n) is 8.38. The second-order valence-electron chi connectivity index (χ2n) is 10.9. The number of likely N-dealkylation sites (tertiary alicyclic amines) is 3. The van der Waals surface area contributed by atoms with E-state index in [9.17, 15) is 14.9 Å². The molecular weight excluding hydrogens is 480 g/mol. The second-order valence-corrected chi connectivity index (χ2v) is 11.6. The maximum atomic E-state index is 13.5. The van der Waals surface area contributed by atoms with Gasteiger partial charge in [-0.25, -0.2) is 0 Å². The summed E-state index contributed by atoms with van der Waals surface area (Å²) in [7, 11) is 3.50. The van der Waals surface area contributed by atoms with Crippen molar-refractivity contribution in [2.45, 2.75) is 73.3 Å². The highest BCUT2D eigenvalue weighted by molar-refractivity contribution is 7.94. The Morgan fingerprint density at radius 3 is 2.89 bits per heavy atom. The number of nitrogens with zero attached hydrogens (tertiary/aromatic N) is 5. The van der Waals surface area contributed by atoms with Crippen molar-refractivity contribution in [2.75, 3.05) is 27.2 Å². The Kier molecular flexibility index (Phi) is 6.22. The Bertz CT molecular complexity index is 1110. The van der Waals surface area contributed by atoms with Gasteiger partial charge >= 0.3 is 0 Å². The van der Waals surface area contributed by atoms with Crippen molar-refractivity contribution in [1.82, 2.24) is 19.8 Å². The van der Waals surface area contributed by atoms with Crippen LogP contribution in [0.25, 0.3) is 0 Å². The number of carbonyl (C=O) groups is 2. The first-order valence-corrected chi connectivity index (χ1v) is 13.4. The molecule has 3 aliphatic heterocycles. The lowest BCUT2D eigenvalue weighted by Gasteiger charge is -2.38. The lowest BCUT2D eigenvalue weighted by atomic mass is 10.1. The van der Waals surface area contributed by atoms with Crippen LogP contribution in [0, 0.1) is 17.2 Å². The van der Waals surface area contributed by atoms with E-state index >= 15 is 0 Å². The normalized spacial score (nSPS) is 33.2. The van der Waals surface area contributed by atoms with Gasteiger partial charge in [-0.05, 0) is 61.3 Å². The number of piperazine rings is 1. The van der Waals surface area contributed by atoms with Crippen molar-refractivity contribution >= 4 is 23.9 Å². The molecule has 0 spiro atoms. The summed E-state index contributed by atoms with van der Waals surface area (Å²) in [6, 6.07) is 7.62. The van der Waals surface area contributed by atoms with E-state index in [1.54, 1.807) is 19.0 Å². The zero-order valence-corrected chi connectivity index (χ0v) is 21.4. The highest BCUT2D eigenvalue weighted by Crippen LogP contribution is 2.48. The molecular formula is C25H32N6O4S. The molecule has 11 heteroatoms. The number of hydroxylamine groups is 2. The summed E-state index contributed by atoms with van der Waals surface area (Å²) in [4.78, 5) is 38.4. The van der Waals surface area contributed by atoms with E-state index in [-0.39, 0.29) is 42.0 Å². The average molecular weight is 513 g/mol. The first-order valence-electron chi connectivity index (χ1n) is 12.7. The van der Waals surface area contributed by atoms with Crippen LogP contribution in [0.4, 0.5) is 0 Å². The molecule has 0 aromatic heterocycles.